The van der Waals surface area contributed by atoms with Gasteiger partial charge in [-0.05, 0) is 33.7 Å². The zero-order valence-electron chi connectivity index (χ0n) is 7.40. The molecule has 1 aliphatic rings. The van der Waals surface area contributed by atoms with Crippen LogP contribution in [0.4, 0.5) is 0 Å². The van der Waals surface area contributed by atoms with Crippen LogP contribution < -0.4 is 10.6 Å². The zero-order chi connectivity index (χ0) is 8.48. The predicted octanol–water partition coefficient (Wildman–Crippen LogP) is 0.263. The summed E-state index contributed by atoms with van der Waals surface area (Å²) in [6.07, 6.45) is 0.974. The van der Waals surface area contributed by atoms with Crippen LogP contribution in [0.3, 0.4) is 0 Å². The number of nitrogens with one attached hydrogen (secondary N) is 2. The molecule has 0 spiro atoms. The Hall–Kier alpha value is -0.570. The molecule has 1 saturated heterocycles. The van der Waals surface area contributed by atoms with Crippen LogP contribution in [0.25, 0.3) is 0 Å². The van der Waals surface area contributed by atoms with Gasteiger partial charge in [0.1, 0.15) is 0 Å². The van der Waals surface area contributed by atoms with Crippen LogP contribution in [0.15, 0.2) is 0 Å². The topological polar surface area (TPSA) is 41.1 Å². The van der Waals surface area contributed by atoms with Crippen molar-refractivity contribution >= 4 is 5.91 Å². The van der Waals surface area contributed by atoms with Crippen molar-refractivity contribution in [3.8, 4) is 0 Å². The van der Waals surface area contributed by atoms with Crippen molar-refractivity contribution in [2.75, 3.05) is 6.54 Å². The minimum Gasteiger partial charge on any atom is -0.350 e. The van der Waals surface area contributed by atoms with Gasteiger partial charge in [0.15, 0.2) is 0 Å². The molecule has 1 amide bonds. The normalized spacial score (nSPS) is 24.1. The lowest BCUT2D eigenvalue weighted by atomic mass is 10.0. The van der Waals surface area contributed by atoms with Crippen LogP contribution in [0.1, 0.15) is 27.2 Å². The molecular weight excluding hydrogens is 140 g/mol. The molecule has 64 valence electrons. The first-order valence-corrected chi connectivity index (χ1v) is 4.04. The van der Waals surface area contributed by atoms with E-state index in [2.05, 4.69) is 10.6 Å². The lowest BCUT2D eigenvalue weighted by Crippen LogP contribution is -2.56. The van der Waals surface area contributed by atoms with Gasteiger partial charge >= 0.3 is 0 Å². The summed E-state index contributed by atoms with van der Waals surface area (Å²) in [5.41, 5.74) is -0.103. The zero-order valence-corrected chi connectivity index (χ0v) is 7.40. The summed E-state index contributed by atoms with van der Waals surface area (Å²) in [5, 5.41) is 5.98. The number of carbonyl (C=O) groups is 1. The minimum atomic E-state index is -0.103. The molecule has 1 unspecified atom stereocenters. The van der Waals surface area contributed by atoms with Gasteiger partial charge in [0.2, 0.25) is 5.91 Å². The molecule has 1 fully saturated rings. The molecule has 11 heavy (non-hydrogen) atoms. The highest BCUT2D eigenvalue weighted by Crippen LogP contribution is 2.05. The lowest BCUT2D eigenvalue weighted by molar-refractivity contribution is -0.126. The number of hydrogen-bond acceptors (Lipinski definition) is 2. The fourth-order valence-electron chi connectivity index (χ4n) is 0.969. The largest absolute Gasteiger partial charge is 0.350 e. The molecule has 3 nitrogen and oxygen atoms in total. The van der Waals surface area contributed by atoms with E-state index < -0.39 is 0 Å². The van der Waals surface area contributed by atoms with Crippen molar-refractivity contribution in [2.45, 2.75) is 38.8 Å². The molecule has 0 bridgehead atoms. The first-order valence-electron chi connectivity index (χ1n) is 4.04. The summed E-state index contributed by atoms with van der Waals surface area (Å²) < 4.78 is 0. The van der Waals surface area contributed by atoms with Crippen LogP contribution >= 0.6 is 0 Å². The number of rotatable bonds is 1. The average molecular weight is 156 g/mol. The van der Waals surface area contributed by atoms with Crippen molar-refractivity contribution in [2.24, 2.45) is 0 Å². The summed E-state index contributed by atoms with van der Waals surface area (Å²) in [5.74, 6) is 0.128. The Morgan fingerprint density at radius 2 is 2.09 bits per heavy atom. The molecule has 0 aromatic carbocycles. The summed E-state index contributed by atoms with van der Waals surface area (Å²) >= 11 is 0. The van der Waals surface area contributed by atoms with E-state index in [1.54, 1.807) is 0 Å². The van der Waals surface area contributed by atoms with Gasteiger partial charge in [-0.3, -0.25) is 4.79 Å². The summed E-state index contributed by atoms with van der Waals surface area (Å²) in [6.45, 7) is 6.94. The number of amides is 1. The van der Waals surface area contributed by atoms with Gasteiger partial charge in [0.25, 0.3) is 0 Å². The number of carbonyl (C=O) groups excluding carboxylic acids is 1. The van der Waals surface area contributed by atoms with Gasteiger partial charge in [-0.15, -0.1) is 0 Å². The van der Waals surface area contributed by atoms with Crippen molar-refractivity contribution in [3.05, 3.63) is 0 Å². The molecule has 1 aliphatic heterocycles. The van der Waals surface area contributed by atoms with Crippen LogP contribution in [0.5, 0.6) is 0 Å². The maximum absolute atomic E-state index is 11.3. The van der Waals surface area contributed by atoms with E-state index in [0.29, 0.717) is 0 Å². The van der Waals surface area contributed by atoms with Crippen molar-refractivity contribution in [1.82, 2.24) is 10.6 Å². The summed E-state index contributed by atoms with van der Waals surface area (Å²) in [7, 11) is 0. The van der Waals surface area contributed by atoms with Crippen molar-refractivity contribution in [1.29, 1.82) is 0 Å². The van der Waals surface area contributed by atoms with E-state index in [9.17, 15) is 4.79 Å². The van der Waals surface area contributed by atoms with Crippen molar-refractivity contribution < 1.29 is 4.79 Å². The first kappa shape index (κ1) is 8.53. The van der Waals surface area contributed by atoms with Gasteiger partial charge in [0, 0.05) is 5.54 Å². The fourth-order valence-corrected chi connectivity index (χ4v) is 0.969. The Morgan fingerprint density at radius 1 is 1.55 bits per heavy atom. The van der Waals surface area contributed by atoms with E-state index in [0.717, 1.165) is 13.0 Å². The van der Waals surface area contributed by atoms with Crippen LogP contribution in [-0.4, -0.2) is 24.0 Å². The van der Waals surface area contributed by atoms with Crippen LogP contribution in [0.2, 0.25) is 0 Å². The highest BCUT2D eigenvalue weighted by molar-refractivity contribution is 5.83. The fraction of sp³-hybridized carbons (Fsp3) is 0.875. The van der Waals surface area contributed by atoms with Gasteiger partial charge in [-0.2, -0.15) is 0 Å². The molecule has 1 atom stereocenters. The third-order valence-corrected chi connectivity index (χ3v) is 1.64. The molecular formula is C8H16N2O. The Morgan fingerprint density at radius 3 is 2.36 bits per heavy atom. The quantitative estimate of drug-likeness (QED) is 0.572. The average Bonchev–Trinajstić information content (AvgIpc) is 1.50. The van der Waals surface area contributed by atoms with E-state index in [4.69, 9.17) is 0 Å². The third kappa shape index (κ3) is 2.50. The molecule has 0 radical (unpaired) electrons. The molecule has 1 rings (SSSR count). The van der Waals surface area contributed by atoms with Gasteiger partial charge in [-0.25, -0.2) is 0 Å². The molecule has 1 heterocycles. The SMILES string of the molecule is CC(C)(C)NC(=O)C1CCN1. The van der Waals surface area contributed by atoms with Crippen LogP contribution in [-0.2, 0) is 4.79 Å². The maximum atomic E-state index is 11.3. The summed E-state index contributed by atoms with van der Waals surface area (Å²) in [4.78, 5) is 11.3. The monoisotopic (exact) mass is 156 g/mol. The second-order valence-electron chi connectivity index (χ2n) is 4.03. The Bertz CT molecular complexity index is 156. The highest BCUT2D eigenvalue weighted by atomic mass is 16.2. The van der Waals surface area contributed by atoms with E-state index in [1.807, 2.05) is 20.8 Å². The van der Waals surface area contributed by atoms with Gasteiger partial charge in [0.05, 0.1) is 6.04 Å². The predicted molar refractivity (Wildman–Crippen MR) is 44.3 cm³/mol. The second kappa shape index (κ2) is 2.81. The Balaban J connectivity index is 2.31. The summed E-state index contributed by atoms with van der Waals surface area (Å²) in [6, 6.07) is 0.0641. The van der Waals surface area contributed by atoms with Gasteiger partial charge in [-0.1, -0.05) is 0 Å². The molecule has 0 aromatic rings. The highest BCUT2D eigenvalue weighted by Gasteiger charge is 2.26. The standard InChI is InChI=1S/C8H16N2O/c1-8(2,3)10-7(11)6-4-5-9-6/h6,9H,4-5H2,1-3H3,(H,10,11). The molecule has 0 saturated carbocycles. The number of hydrogen-bond donors (Lipinski definition) is 2. The second-order valence-corrected chi connectivity index (χ2v) is 4.03. The van der Waals surface area contributed by atoms with E-state index in [1.165, 1.54) is 0 Å². The molecule has 2 N–H and O–H groups in total. The minimum absolute atomic E-state index is 0.0641. The smallest absolute Gasteiger partial charge is 0.237 e. The molecule has 3 heteroatoms. The maximum Gasteiger partial charge on any atom is 0.237 e. The lowest BCUT2D eigenvalue weighted by Gasteiger charge is -2.30. The van der Waals surface area contributed by atoms with E-state index >= 15 is 0 Å². The molecule has 0 aromatic heterocycles. The molecule has 0 aliphatic carbocycles. The Kier molecular flexibility index (Phi) is 2.18. The van der Waals surface area contributed by atoms with Crippen LogP contribution in [0, 0.1) is 0 Å². The third-order valence-electron chi connectivity index (χ3n) is 1.64. The Labute approximate surface area is 67.5 Å². The van der Waals surface area contributed by atoms with Gasteiger partial charge < -0.3 is 10.6 Å². The van der Waals surface area contributed by atoms with E-state index in [-0.39, 0.29) is 17.5 Å². The first-order chi connectivity index (χ1) is 4.99. The van der Waals surface area contributed by atoms with Crippen molar-refractivity contribution in [3.63, 3.8) is 0 Å².